The number of benzene rings is 5. The van der Waals surface area contributed by atoms with Crippen molar-refractivity contribution in [2.24, 2.45) is 0 Å². The van der Waals surface area contributed by atoms with Gasteiger partial charge >= 0.3 is 0 Å². The number of para-hydroxylation sites is 2. The third kappa shape index (κ3) is 5.18. The van der Waals surface area contributed by atoms with Crippen molar-refractivity contribution in [1.29, 1.82) is 0 Å². The van der Waals surface area contributed by atoms with Crippen molar-refractivity contribution in [3.63, 3.8) is 0 Å². The standard InChI is InChI=1S/C42H47BNOP/c1-26(2)46(45,27(3)4)40-20-19-34(25-39(40)44-37-17-13-11-15-35(37)36-16-12-14-18-38(36)44)43(41-30(7)21-28(5)22-31(41)8)42-32(9)23-29(6)24-33(42)10/h11-27H,1-10H3. The molecule has 1 heterocycles. The van der Waals surface area contributed by atoms with Gasteiger partial charge in [-0.2, -0.15) is 0 Å². The molecule has 0 saturated heterocycles. The van der Waals surface area contributed by atoms with E-state index >= 15 is 4.57 Å². The van der Waals surface area contributed by atoms with Crippen molar-refractivity contribution in [2.75, 3.05) is 0 Å². The van der Waals surface area contributed by atoms with Crippen molar-refractivity contribution in [2.45, 2.75) is 80.6 Å². The molecule has 6 rings (SSSR count). The maximum Gasteiger partial charge on any atom is 0.242 e. The summed E-state index contributed by atoms with van der Waals surface area (Å²) in [6, 6.07) is 33.5. The normalized spacial score (nSPS) is 12.2. The molecule has 4 heteroatoms. The molecule has 0 spiro atoms. The van der Waals surface area contributed by atoms with E-state index < -0.39 is 7.14 Å². The highest BCUT2D eigenvalue weighted by molar-refractivity contribution is 7.73. The van der Waals surface area contributed by atoms with Gasteiger partial charge in [0.2, 0.25) is 6.71 Å². The van der Waals surface area contributed by atoms with Gasteiger partial charge in [0.25, 0.3) is 0 Å². The molecule has 6 aromatic rings. The molecule has 0 unspecified atom stereocenters. The Morgan fingerprint density at radius 3 is 1.39 bits per heavy atom. The molecule has 0 fully saturated rings. The van der Waals surface area contributed by atoms with E-state index in [9.17, 15) is 0 Å². The maximum atomic E-state index is 15.3. The van der Waals surface area contributed by atoms with E-state index in [0.29, 0.717) is 0 Å². The first-order valence-corrected chi connectivity index (χ1v) is 18.6. The molecule has 0 aliphatic heterocycles. The molecule has 0 N–H and O–H groups in total. The zero-order valence-electron chi connectivity index (χ0n) is 29.2. The third-order valence-electron chi connectivity index (χ3n) is 10.1. The summed E-state index contributed by atoms with van der Waals surface area (Å²) in [4.78, 5) is 0. The molecule has 46 heavy (non-hydrogen) atoms. The Labute approximate surface area is 276 Å². The fraction of sp³-hybridized carbons (Fsp3) is 0.286. The van der Waals surface area contributed by atoms with Crippen molar-refractivity contribution >= 4 is 57.4 Å². The van der Waals surface area contributed by atoms with Gasteiger partial charge in [0.1, 0.15) is 7.14 Å². The quantitative estimate of drug-likeness (QED) is 0.129. The Balaban J connectivity index is 1.78. The molecule has 0 radical (unpaired) electrons. The SMILES string of the molecule is Cc1cc(C)c(B(c2ccc(P(=O)(C(C)C)C(C)C)c(-n3c4ccccc4c4ccccc43)c2)c2c(C)cc(C)cc2C)c(C)c1. The molecular formula is C42H47BNOP. The summed E-state index contributed by atoms with van der Waals surface area (Å²) in [7, 11) is -2.82. The van der Waals surface area contributed by atoms with E-state index in [1.165, 1.54) is 60.5 Å². The van der Waals surface area contributed by atoms with Gasteiger partial charge in [-0.3, -0.25) is 0 Å². The molecule has 0 saturated carbocycles. The van der Waals surface area contributed by atoms with Gasteiger partial charge in [-0.15, -0.1) is 0 Å². The average Bonchev–Trinajstić information content (AvgIpc) is 3.33. The van der Waals surface area contributed by atoms with Crippen LogP contribution in [0, 0.1) is 41.5 Å². The van der Waals surface area contributed by atoms with Gasteiger partial charge in [0.15, 0.2) is 0 Å². The summed E-state index contributed by atoms with van der Waals surface area (Å²) in [5.41, 5.74) is 15.1. The first-order chi connectivity index (χ1) is 21.8. The number of hydrogen-bond acceptors (Lipinski definition) is 1. The van der Waals surface area contributed by atoms with Crippen LogP contribution in [0.25, 0.3) is 27.5 Å². The second kappa shape index (κ2) is 12.1. The summed E-state index contributed by atoms with van der Waals surface area (Å²) in [5.74, 6) is 0. The van der Waals surface area contributed by atoms with Gasteiger partial charge in [-0.05, 0) is 65.8 Å². The predicted molar refractivity (Wildman–Crippen MR) is 204 cm³/mol. The summed E-state index contributed by atoms with van der Waals surface area (Å²) in [5, 5.41) is 3.40. The second-order valence-electron chi connectivity index (χ2n) is 14.1. The minimum Gasteiger partial charge on any atom is -0.318 e. The van der Waals surface area contributed by atoms with E-state index in [0.717, 1.165) is 22.0 Å². The van der Waals surface area contributed by atoms with Crippen LogP contribution < -0.4 is 21.7 Å². The number of aryl methyl sites for hydroxylation is 6. The Bertz CT molecular complexity index is 2000. The third-order valence-corrected chi connectivity index (χ3v) is 14.3. The molecule has 2 nitrogen and oxygen atoms in total. The smallest absolute Gasteiger partial charge is 0.242 e. The van der Waals surface area contributed by atoms with E-state index in [-0.39, 0.29) is 18.0 Å². The molecule has 5 aromatic carbocycles. The number of fused-ring (bicyclic) bond motifs is 3. The molecule has 0 amide bonds. The average molecular weight is 624 g/mol. The van der Waals surface area contributed by atoms with Crippen LogP contribution in [0.5, 0.6) is 0 Å². The second-order valence-corrected chi connectivity index (χ2v) is 18.0. The van der Waals surface area contributed by atoms with E-state index in [4.69, 9.17) is 0 Å². The van der Waals surface area contributed by atoms with Crippen molar-refractivity contribution in [1.82, 2.24) is 4.57 Å². The number of nitrogens with zero attached hydrogens (tertiary/aromatic N) is 1. The van der Waals surface area contributed by atoms with Crippen LogP contribution in [-0.4, -0.2) is 22.6 Å². The zero-order valence-corrected chi connectivity index (χ0v) is 30.1. The minimum atomic E-state index is -2.82. The van der Waals surface area contributed by atoms with Crippen LogP contribution in [0.15, 0.2) is 91.0 Å². The highest BCUT2D eigenvalue weighted by Gasteiger charge is 2.37. The van der Waals surface area contributed by atoms with Gasteiger partial charge < -0.3 is 9.13 Å². The molecule has 0 atom stereocenters. The highest BCUT2D eigenvalue weighted by Crippen LogP contribution is 2.55. The van der Waals surface area contributed by atoms with Crippen molar-refractivity contribution in [3.05, 3.63) is 124 Å². The summed E-state index contributed by atoms with van der Waals surface area (Å²) < 4.78 is 17.7. The Morgan fingerprint density at radius 1 is 0.565 bits per heavy atom. The van der Waals surface area contributed by atoms with E-state index in [2.05, 4.69) is 165 Å². The lowest BCUT2D eigenvalue weighted by atomic mass is 9.34. The highest BCUT2D eigenvalue weighted by atomic mass is 31.2. The van der Waals surface area contributed by atoms with Gasteiger partial charge in [0.05, 0.1) is 16.7 Å². The maximum absolute atomic E-state index is 15.3. The van der Waals surface area contributed by atoms with Crippen molar-refractivity contribution < 1.29 is 4.57 Å². The number of aromatic nitrogens is 1. The number of rotatable bonds is 7. The summed E-state index contributed by atoms with van der Waals surface area (Å²) in [6.45, 7) is 22.0. The molecular weight excluding hydrogens is 576 g/mol. The van der Waals surface area contributed by atoms with Gasteiger partial charge in [0, 0.05) is 27.4 Å². The number of hydrogen-bond donors (Lipinski definition) is 0. The van der Waals surface area contributed by atoms with Crippen LogP contribution in [0.4, 0.5) is 0 Å². The van der Waals surface area contributed by atoms with E-state index in [1.54, 1.807) is 0 Å². The van der Waals surface area contributed by atoms with Gasteiger partial charge in [-0.1, -0.05) is 144 Å². The monoisotopic (exact) mass is 623 g/mol. The predicted octanol–water partition coefficient (Wildman–Crippen LogP) is 8.96. The Morgan fingerprint density at radius 2 is 0.978 bits per heavy atom. The van der Waals surface area contributed by atoms with Crippen molar-refractivity contribution in [3.8, 4) is 5.69 Å². The lowest BCUT2D eigenvalue weighted by Crippen LogP contribution is -2.56. The molecule has 0 bridgehead atoms. The molecule has 0 aliphatic rings. The van der Waals surface area contributed by atoms with Crippen LogP contribution in [0.3, 0.4) is 0 Å². The molecule has 0 aliphatic carbocycles. The molecule has 234 valence electrons. The summed E-state index contributed by atoms with van der Waals surface area (Å²) in [6.07, 6.45) is 0. The topological polar surface area (TPSA) is 22.0 Å². The Hall–Kier alpha value is -3.81. The van der Waals surface area contributed by atoms with Crippen LogP contribution in [0.2, 0.25) is 0 Å². The summed E-state index contributed by atoms with van der Waals surface area (Å²) >= 11 is 0. The fourth-order valence-electron chi connectivity index (χ4n) is 8.30. The van der Waals surface area contributed by atoms with Crippen LogP contribution in [-0.2, 0) is 4.57 Å². The lowest BCUT2D eigenvalue weighted by molar-refractivity contribution is 0.569. The minimum absolute atomic E-state index is 0.0177. The van der Waals surface area contributed by atoms with Crippen LogP contribution >= 0.6 is 7.14 Å². The Kier molecular flexibility index (Phi) is 8.45. The fourth-order valence-corrected chi connectivity index (χ4v) is 11.4. The molecule has 1 aromatic heterocycles. The zero-order chi connectivity index (χ0) is 33.1. The first-order valence-electron chi connectivity index (χ1n) is 16.7. The first kappa shape index (κ1) is 32.1. The largest absolute Gasteiger partial charge is 0.318 e. The van der Waals surface area contributed by atoms with Crippen LogP contribution in [0.1, 0.15) is 61.1 Å². The van der Waals surface area contributed by atoms with E-state index in [1.807, 2.05) is 0 Å². The van der Waals surface area contributed by atoms with Gasteiger partial charge in [-0.25, -0.2) is 0 Å². The lowest BCUT2D eigenvalue weighted by Gasteiger charge is -2.31.